The molecule has 0 saturated carbocycles. The molecule has 1 rings (SSSR count). The maximum absolute atomic E-state index is 12.1. The van der Waals surface area contributed by atoms with E-state index in [0.717, 1.165) is 12.1 Å². The lowest BCUT2D eigenvalue weighted by Crippen LogP contribution is -2.22. The maximum atomic E-state index is 12.1. The van der Waals surface area contributed by atoms with E-state index in [9.17, 15) is 22.8 Å². The van der Waals surface area contributed by atoms with E-state index in [-0.39, 0.29) is 12.5 Å². The molecule has 6 heteroatoms. The molecule has 1 aromatic rings. The van der Waals surface area contributed by atoms with Crippen LogP contribution in [0.25, 0.3) is 0 Å². The Morgan fingerprint density at radius 2 is 1.79 bits per heavy atom. The van der Waals surface area contributed by atoms with Gasteiger partial charge in [-0.25, -0.2) is 0 Å². The predicted molar refractivity (Wildman–Crippen MR) is 62.4 cm³/mol. The van der Waals surface area contributed by atoms with Crippen molar-refractivity contribution in [1.29, 1.82) is 0 Å². The number of rotatable bonds is 2. The van der Waals surface area contributed by atoms with E-state index >= 15 is 0 Å². The van der Waals surface area contributed by atoms with Crippen molar-refractivity contribution >= 4 is 11.7 Å². The molecule has 0 spiro atoms. The number of ketones is 1. The molecule has 100 valence electrons. The summed E-state index contributed by atoms with van der Waals surface area (Å²) in [7, 11) is 0. The lowest BCUT2D eigenvalue weighted by molar-refractivity contribution is -0.118. The molecule has 0 aliphatic heterocycles. The van der Waals surface area contributed by atoms with Crippen LogP contribution in [0.4, 0.5) is 13.2 Å². The Kier molecular flexibility index (Phi) is 4.70. The van der Waals surface area contributed by atoms with Crippen molar-refractivity contribution in [3.05, 3.63) is 35.4 Å². The standard InChI is InChI=1S/C13H10F3NO2/c1-9(18)17-8-2-3-10-4-6-11(7-5-10)12(19)13(14,15)16/h4-7H,8H2,1H3,(H,17,18). The molecule has 1 aromatic carbocycles. The predicted octanol–water partition coefficient (Wildman–Crippen LogP) is 1.92. The van der Waals surface area contributed by atoms with E-state index in [2.05, 4.69) is 17.2 Å². The van der Waals surface area contributed by atoms with E-state index in [1.54, 1.807) is 0 Å². The van der Waals surface area contributed by atoms with Crippen molar-refractivity contribution in [2.75, 3.05) is 6.54 Å². The summed E-state index contributed by atoms with van der Waals surface area (Å²) in [6.07, 6.45) is -4.88. The zero-order valence-corrected chi connectivity index (χ0v) is 9.97. The zero-order valence-electron chi connectivity index (χ0n) is 9.97. The average molecular weight is 269 g/mol. The van der Waals surface area contributed by atoms with E-state index in [1.165, 1.54) is 19.1 Å². The first-order valence-electron chi connectivity index (χ1n) is 5.25. The minimum Gasteiger partial charge on any atom is -0.345 e. The van der Waals surface area contributed by atoms with Crippen molar-refractivity contribution in [1.82, 2.24) is 5.32 Å². The van der Waals surface area contributed by atoms with Crippen molar-refractivity contribution in [3.8, 4) is 11.8 Å². The van der Waals surface area contributed by atoms with Crippen LogP contribution in [0.1, 0.15) is 22.8 Å². The molecule has 0 aliphatic rings. The van der Waals surface area contributed by atoms with Crippen LogP contribution >= 0.6 is 0 Å². The minimum absolute atomic E-state index is 0.151. The molecule has 1 N–H and O–H groups in total. The molecule has 0 saturated heterocycles. The number of carbonyl (C=O) groups is 2. The topological polar surface area (TPSA) is 46.2 Å². The highest BCUT2D eigenvalue weighted by Crippen LogP contribution is 2.21. The summed E-state index contributed by atoms with van der Waals surface area (Å²) in [5.41, 5.74) is 0.0315. The van der Waals surface area contributed by atoms with Crippen LogP contribution in [-0.2, 0) is 4.79 Å². The van der Waals surface area contributed by atoms with Gasteiger partial charge in [0.25, 0.3) is 5.78 Å². The smallest absolute Gasteiger partial charge is 0.345 e. The Hall–Kier alpha value is -2.29. The van der Waals surface area contributed by atoms with Gasteiger partial charge in [-0.2, -0.15) is 13.2 Å². The second-order valence-electron chi connectivity index (χ2n) is 3.62. The Balaban J connectivity index is 2.72. The fourth-order valence-electron chi connectivity index (χ4n) is 1.18. The van der Waals surface area contributed by atoms with Crippen LogP contribution in [0.15, 0.2) is 24.3 Å². The quantitative estimate of drug-likeness (QED) is 0.658. The van der Waals surface area contributed by atoms with Crippen LogP contribution in [0.3, 0.4) is 0 Å². The first-order valence-corrected chi connectivity index (χ1v) is 5.25. The number of halogens is 3. The summed E-state index contributed by atoms with van der Waals surface area (Å²) in [6, 6.07) is 4.77. The molecule has 19 heavy (non-hydrogen) atoms. The van der Waals surface area contributed by atoms with E-state index < -0.39 is 17.5 Å². The van der Waals surface area contributed by atoms with Gasteiger partial charge in [-0.3, -0.25) is 9.59 Å². The Morgan fingerprint density at radius 3 is 2.26 bits per heavy atom. The van der Waals surface area contributed by atoms with Crippen molar-refractivity contribution in [3.63, 3.8) is 0 Å². The molecule has 0 fully saturated rings. The van der Waals surface area contributed by atoms with Crippen molar-refractivity contribution in [2.45, 2.75) is 13.1 Å². The first-order chi connectivity index (χ1) is 8.80. The number of Topliss-reactive ketones (excluding diaryl/α,β-unsaturated/α-hetero) is 1. The molecule has 0 radical (unpaired) electrons. The summed E-state index contributed by atoms with van der Waals surface area (Å²) in [6.45, 7) is 1.50. The molecule has 0 heterocycles. The molecule has 0 aromatic heterocycles. The largest absolute Gasteiger partial charge is 0.454 e. The second-order valence-corrected chi connectivity index (χ2v) is 3.62. The van der Waals surface area contributed by atoms with Gasteiger partial charge in [0.2, 0.25) is 5.91 Å². The molecule has 0 aliphatic carbocycles. The second kappa shape index (κ2) is 6.05. The number of alkyl halides is 3. The summed E-state index contributed by atoms with van der Waals surface area (Å²) >= 11 is 0. The minimum atomic E-state index is -4.88. The number of carbonyl (C=O) groups excluding carboxylic acids is 2. The van der Waals surface area contributed by atoms with E-state index in [0.29, 0.717) is 5.56 Å². The molecule has 0 atom stereocenters. The monoisotopic (exact) mass is 269 g/mol. The van der Waals surface area contributed by atoms with Gasteiger partial charge in [-0.05, 0) is 24.3 Å². The van der Waals surface area contributed by atoms with Crippen LogP contribution in [0.5, 0.6) is 0 Å². The highest BCUT2D eigenvalue weighted by atomic mass is 19.4. The Bertz CT molecular complexity index is 536. The third-order valence-electron chi connectivity index (χ3n) is 2.06. The van der Waals surface area contributed by atoms with Gasteiger partial charge >= 0.3 is 6.18 Å². The first kappa shape index (κ1) is 14.8. The van der Waals surface area contributed by atoms with E-state index in [1.807, 2.05) is 0 Å². The highest BCUT2D eigenvalue weighted by molar-refractivity contribution is 6.00. The number of hydrogen-bond donors (Lipinski definition) is 1. The van der Waals surface area contributed by atoms with Gasteiger partial charge in [-0.15, -0.1) is 0 Å². The number of amides is 1. The van der Waals surface area contributed by atoms with Crippen molar-refractivity contribution < 1.29 is 22.8 Å². The van der Waals surface area contributed by atoms with Crippen molar-refractivity contribution in [2.24, 2.45) is 0 Å². The molecule has 1 amide bonds. The molecule has 0 bridgehead atoms. The summed E-state index contributed by atoms with van der Waals surface area (Å²) in [4.78, 5) is 21.5. The van der Waals surface area contributed by atoms with Gasteiger partial charge in [-0.1, -0.05) is 11.8 Å². The fraction of sp³-hybridized carbons (Fsp3) is 0.231. The Morgan fingerprint density at radius 1 is 1.21 bits per heavy atom. The molecular weight excluding hydrogens is 259 g/mol. The zero-order chi connectivity index (χ0) is 14.5. The molecule has 0 unspecified atom stereocenters. The van der Waals surface area contributed by atoms with Gasteiger partial charge in [0.15, 0.2) is 0 Å². The number of benzene rings is 1. The Labute approximate surface area is 107 Å². The fourth-order valence-corrected chi connectivity index (χ4v) is 1.18. The van der Waals surface area contributed by atoms with Crippen LogP contribution in [0, 0.1) is 11.8 Å². The molecular formula is C13H10F3NO2. The van der Waals surface area contributed by atoms with Crippen LogP contribution in [-0.4, -0.2) is 24.4 Å². The average Bonchev–Trinajstić information content (AvgIpc) is 2.33. The third-order valence-corrected chi connectivity index (χ3v) is 2.06. The normalized spacial score (nSPS) is 10.3. The number of hydrogen-bond acceptors (Lipinski definition) is 2. The highest BCUT2D eigenvalue weighted by Gasteiger charge is 2.39. The van der Waals surface area contributed by atoms with E-state index in [4.69, 9.17) is 0 Å². The van der Waals surface area contributed by atoms with Gasteiger partial charge in [0, 0.05) is 18.1 Å². The summed E-state index contributed by atoms with van der Waals surface area (Å²) in [5, 5.41) is 2.45. The van der Waals surface area contributed by atoms with Gasteiger partial charge < -0.3 is 5.32 Å². The van der Waals surface area contributed by atoms with Gasteiger partial charge in [0.05, 0.1) is 6.54 Å². The lowest BCUT2D eigenvalue weighted by atomic mass is 10.1. The van der Waals surface area contributed by atoms with Crippen LogP contribution < -0.4 is 5.32 Å². The SMILES string of the molecule is CC(=O)NCC#Cc1ccc(C(=O)C(F)(F)F)cc1. The maximum Gasteiger partial charge on any atom is 0.454 e. The summed E-state index contributed by atoms with van der Waals surface area (Å²) in [5.74, 6) is 3.16. The third kappa shape index (κ3) is 4.84. The van der Waals surface area contributed by atoms with Gasteiger partial charge in [0.1, 0.15) is 0 Å². The molecule has 3 nitrogen and oxygen atoms in total. The lowest BCUT2D eigenvalue weighted by Gasteiger charge is -2.04. The number of nitrogens with one attached hydrogen (secondary N) is 1. The van der Waals surface area contributed by atoms with Crippen LogP contribution in [0.2, 0.25) is 0 Å². The summed E-state index contributed by atoms with van der Waals surface area (Å²) < 4.78 is 36.4.